The van der Waals surface area contributed by atoms with Gasteiger partial charge in [-0.15, -0.1) is 0 Å². The molecule has 178 valence electrons. The minimum atomic E-state index is -0.798. The zero-order valence-corrected chi connectivity index (χ0v) is 18.9. The van der Waals surface area contributed by atoms with Crippen LogP contribution >= 0.6 is 0 Å². The number of anilines is 1. The largest absolute Gasteiger partial charge is 0.452 e. The Morgan fingerprint density at radius 2 is 1.66 bits per heavy atom. The summed E-state index contributed by atoms with van der Waals surface area (Å²) in [5.74, 6) is -3.02. The maximum absolute atomic E-state index is 13.1. The van der Waals surface area contributed by atoms with Crippen molar-refractivity contribution in [3.05, 3.63) is 77.4 Å². The van der Waals surface area contributed by atoms with Crippen molar-refractivity contribution < 1.29 is 28.7 Å². The summed E-state index contributed by atoms with van der Waals surface area (Å²) in [6.45, 7) is 1.37. The van der Waals surface area contributed by atoms with Crippen LogP contribution < -0.4 is 15.8 Å². The first-order valence-electron chi connectivity index (χ1n) is 11.3. The van der Waals surface area contributed by atoms with E-state index >= 15 is 0 Å². The van der Waals surface area contributed by atoms with Crippen molar-refractivity contribution in [2.45, 2.75) is 13.3 Å². The lowest BCUT2D eigenvalue weighted by atomic mass is 9.82. The molecule has 0 radical (unpaired) electrons. The number of amides is 4. The Balaban J connectivity index is 1.19. The summed E-state index contributed by atoms with van der Waals surface area (Å²) < 4.78 is 5.03. The summed E-state index contributed by atoms with van der Waals surface area (Å²) >= 11 is 0. The molecule has 1 heterocycles. The number of hydrogen-bond acceptors (Lipinski definition) is 6. The molecule has 1 saturated carbocycles. The number of ether oxygens (including phenoxy) is 1. The van der Waals surface area contributed by atoms with Gasteiger partial charge in [-0.25, -0.2) is 9.69 Å². The Morgan fingerprint density at radius 3 is 2.43 bits per heavy atom. The summed E-state index contributed by atoms with van der Waals surface area (Å²) in [6.07, 6.45) is 2.94. The summed E-state index contributed by atoms with van der Waals surface area (Å²) in [4.78, 5) is 63.8. The lowest BCUT2D eigenvalue weighted by Gasteiger charge is -2.19. The Kier molecular flexibility index (Phi) is 5.68. The molecule has 9 heteroatoms. The van der Waals surface area contributed by atoms with E-state index in [0.717, 1.165) is 12.0 Å². The molecule has 2 aromatic carbocycles. The second-order valence-electron chi connectivity index (χ2n) is 8.97. The number of carbonyl (C=O) groups is 5. The average molecular weight is 473 g/mol. The van der Waals surface area contributed by atoms with Gasteiger partial charge >= 0.3 is 5.97 Å². The van der Waals surface area contributed by atoms with Crippen molar-refractivity contribution >= 4 is 35.3 Å². The van der Waals surface area contributed by atoms with Crippen molar-refractivity contribution in [3.8, 4) is 0 Å². The van der Waals surface area contributed by atoms with E-state index < -0.39 is 24.4 Å². The minimum absolute atomic E-state index is 0.0838. The summed E-state index contributed by atoms with van der Waals surface area (Å²) in [5, 5.41) is 0. The summed E-state index contributed by atoms with van der Waals surface area (Å²) in [6, 6.07) is 14.3. The van der Waals surface area contributed by atoms with Crippen LogP contribution in [-0.4, -0.2) is 36.2 Å². The average Bonchev–Trinajstić information content (AvgIpc) is 3.51. The Bertz CT molecular complexity index is 1270. The molecule has 2 N–H and O–H groups in total. The number of rotatable bonds is 5. The van der Waals surface area contributed by atoms with Gasteiger partial charge in [0.05, 0.1) is 23.1 Å². The van der Waals surface area contributed by atoms with Crippen LogP contribution in [0.25, 0.3) is 0 Å². The van der Waals surface area contributed by atoms with Crippen LogP contribution in [0.4, 0.5) is 5.69 Å². The van der Waals surface area contributed by atoms with Crippen molar-refractivity contribution in [2.24, 2.45) is 23.7 Å². The first kappa shape index (κ1) is 22.5. The molecular weight excluding hydrogens is 450 g/mol. The van der Waals surface area contributed by atoms with Gasteiger partial charge in [0, 0.05) is 5.56 Å². The van der Waals surface area contributed by atoms with Crippen molar-refractivity contribution in [3.63, 3.8) is 0 Å². The molecule has 4 amide bonds. The third kappa shape index (κ3) is 3.99. The Labute approximate surface area is 201 Å². The lowest BCUT2D eigenvalue weighted by Crippen LogP contribution is -2.43. The number of hydrogen-bond donors (Lipinski definition) is 2. The van der Waals surface area contributed by atoms with Gasteiger partial charge in [0.25, 0.3) is 11.8 Å². The maximum Gasteiger partial charge on any atom is 0.338 e. The van der Waals surface area contributed by atoms with Crippen LogP contribution in [0.15, 0.2) is 66.2 Å². The fraction of sp³-hybridized carbons (Fsp3) is 0.269. The molecule has 0 spiro atoms. The van der Waals surface area contributed by atoms with Crippen molar-refractivity contribution in [1.29, 1.82) is 0 Å². The standard InChI is InChI=1S/C26H23N3O6/c1-14-10-17-12-19(14)22-21(17)24(32)29(25(22)33)18-9-5-8-16(11-18)26(34)35-13-20(30)27-28-23(31)15-6-3-2-4-7-15/h2-11,17,19,21-22H,12-13H2,1H3,(H,27,30)(H,28,31)/t17-,19+,21+,22-/m0/s1. The summed E-state index contributed by atoms with van der Waals surface area (Å²) in [5.41, 5.74) is 6.34. The second kappa shape index (κ2) is 8.83. The van der Waals surface area contributed by atoms with Crippen molar-refractivity contribution in [1.82, 2.24) is 10.9 Å². The highest BCUT2D eigenvalue weighted by Gasteiger charge is 2.60. The topological polar surface area (TPSA) is 122 Å². The highest BCUT2D eigenvalue weighted by molar-refractivity contribution is 6.23. The van der Waals surface area contributed by atoms with Crippen LogP contribution in [0, 0.1) is 23.7 Å². The van der Waals surface area contributed by atoms with Crippen molar-refractivity contribution in [2.75, 3.05) is 11.5 Å². The van der Waals surface area contributed by atoms with Crippen LogP contribution in [0.3, 0.4) is 0 Å². The maximum atomic E-state index is 13.1. The number of esters is 1. The van der Waals surface area contributed by atoms with E-state index in [1.165, 1.54) is 17.0 Å². The molecule has 4 atom stereocenters. The fourth-order valence-corrected chi connectivity index (χ4v) is 5.34. The normalized spacial score (nSPS) is 24.1. The number of allylic oxidation sites excluding steroid dienone is 2. The number of hydrazine groups is 1. The highest BCUT2D eigenvalue weighted by Crippen LogP contribution is 2.55. The van der Waals surface area contributed by atoms with Gasteiger partial charge in [0.1, 0.15) is 0 Å². The molecule has 1 aliphatic heterocycles. The van der Waals surface area contributed by atoms with Gasteiger partial charge in [-0.1, -0.05) is 35.9 Å². The molecular formula is C26H23N3O6. The number of imide groups is 1. The summed E-state index contributed by atoms with van der Waals surface area (Å²) in [7, 11) is 0. The van der Waals surface area contributed by atoms with Crippen LogP contribution in [0.1, 0.15) is 34.1 Å². The number of nitrogens with zero attached hydrogens (tertiary/aromatic N) is 1. The SMILES string of the molecule is CC1=C[C@H]2C[C@H]1[C@@H]1C(=O)N(c3cccc(C(=O)OCC(=O)NNC(=O)c4ccccc4)c3)C(=O)[C@@H]12. The monoisotopic (exact) mass is 473 g/mol. The third-order valence-corrected chi connectivity index (χ3v) is 6.91. The van der Waals surface area contributed by atoms with Gasteiger partial charge in [-0.2, -0.15) is 0 Å². The quantitative estimate of drug-likeness (QED) is 0.297. The van der Waals surface area contributed by atoms with E-state index in [2.05, 4.69) is 16.9 Å². The molecule has 5 rings (SSSR count). The molecule has 2 aromatic rings. The molecule has 9 nitrogen and oxygen atoms in total. The van der Waals surface area contributed by atoms with Gasteiger partial charge in [-0.05, 0) is 55.5 Å². The van der Waals surface area contributed by atoms with Crippen LogP contribution in [0.5, 0.6) is 0 Å². The number of carbonyl (C=O) groups excluding carboxylic acids is 5. The van der Waals surface area contributed by atoms with E-state index in [-0.39, 0.29) is 41.0 Å². The zero-order chi connectivity index (χ0) is 24.7. The second-order valence-corrected chi connectivity index (χ2v) is 8.97. The van der Waals surface area contributed by atoms with Gasteiger partial charge in [0.2, 0.25) is 11.8 Å². The smallest absolute Gasteiger partial charge is 0.338 e. The van der Waals surface area contributed by atoms with Crippen LogP contribution in [0.2, 0.25) is 0 Å². The molecule has 0 unspecified atom stereocenters. The molecule has 2 aliphatic carbocycles. The first-order chi connectivity index (χ1) is 16.8. The molecule has 1 saturated heterocycles. The van der Waals surface area contributed by atoms with E-state index in [1.54, 1.807) is 42.5 Å². The predicted molar refractivity (Wildman–Crippen MR) is 124 cm³/mol. The lowest BCUT2D eigenvalue weighted by molar-refractivity contribution is -0.125. The zero-order valence-electron chi connectivity index (χ0n) is 18.9. The molecule has 2 bridgehead atoms. The highest BCUT2D eigenvalue weighted by atomic mass is 16.5. The van der Waals surface area contributed by atoms with E-state index in [4.69, 9.17) is 4.74 Å². The number of benzene rings is 2. The first-order valence-corrected chi connectivity index (χ1v) is 11.3. The van der Waals surface area contributed by atoms with Crippen LogP contribution in [-0.2, 0) is 19.1 Å². The fourth-order valence-electron chi connectivity index (χ4n) is 5.34. The number of fused-ring (bicyclic) bond motifs is 5. The van der Waals surface area contributed by atoms with Gasteiger partial charge in [-0.3, -0.25) is 30.0 Å². The molecule has 35 heavy (non-hydrogen) atoms. The van der Waals surface area contributed by atoms with E-state index in [0.29, 0.717) is 11.3 Å². The third-order valence-electron chi connectivity index (χ3n) is 6.91. The Hall–Kier alpha value is -4.27. The van der Waals surface area contributed by atoms with Gasteiger partial charge < -0.3 is 4.74 Å². The van der Waals surface area contributed by atoms with E-state index in [9.17, 15) is 24.0 Å². The minimum Gasteiger partial charge on any atom is -0.452 e. The number of nitrogens with one attached hydrogen (secondary N) is 2. The molecule has 2 fully saturated rings. The molecule has 0 aromatic heterocycles. The van der Waals surface area contributed by atoms with Gasteiger partial charge in [0.15, 0.2) is 6.61 Å². The predicted octanol–water partition coefficient (Wildman–Crippen LogP) is 2.01. The Morgan fingerprint density at radius 1 is 0.943 bits per heavy atom. The molecule has 3 aliphatic rings. The van der Waals surface area contributed by atoms with E-state index in [1.807, 2.05) is 6.92 Å².